The third kappa shape index (κ3) is 1.68. The third-order valence-electron chi connectivity index (χ3n) is 4.60. The monoisotopic (exact) mass is 312 g/mol. The SMILES string of the molecule is CN(C)c1cccc2ccc3cnc4c5ccccc5nn4c3c12. The van der Waals surface area contributed by atoms with Crippen molar-refractivity contribution in [1.82, 2.24) is 14.6 Å². The number of benzene rings is 3. The molecule has 5 aromatic rings. The van der Waals surface area contributed by atoms with Crippen molar-refractivity contribution < 1.29 is 0 Å². The van der Waals surface area contributed by atoms with Gasteiger partial charge >= 0.3 is 0 Å². The molecule has 0 amide bonds. The maximum Gasteiger partial charge on any atom is 0.163 e. The zero-order valence-electron chi connectivity index (χ0n) is 13.6. The quantitative estimate of drug-likeness (QED) is 0.434. The van der Waals surface area contributed by atoms with Crippen LogP contribution in [0.15, 0.2) is 60.8 Å². The lowest BCUT2D eigenvalue weighted by atomic mass is 10.0. The van der Waals surface area contributed by atoms with Crippen molar-refractivity contribution in [3.05, 3.63) is 60.8 Å². The van der Waals surface area contributed by atoms with Crippen LogP contribution in [0.3, 0.4) is 0 Å². The van der Waals surface area contributed by atoms with E-state index < -0.39 is 0 Å². The highest BCUT2D eigenvalue weighted by atomic mass is 15.3. The fourth-order valence-electron chi connectivity index (χ4n) is 3.49. The Morgan fingerprint density at radius 3 is 2.58 bits per heavy atom. The lowest BCUT2D eigenvalue weighted by molar-refractivity contribution is 1.01. The molecule has 0 radical (unpaired) electrons. The first-order chi connectivity index (χ1) is 11.7. The number of aromatic nitrogens is 3. The summed E-state index contributed by atoms with van der Waals surface area (Å²) in [6.45, 7) is 0. The second-order valence-electron chi connectivity index (χ2n) is 6.28. The molecule has 0 saturated carbocycles. The van der Waals surface area contributed by atoms with Crippen molar-refractivity contribution in [3.8, 4) is 0 Å². The number of hydrogen-bond donors (Lipinski definition) is 0. The maximum absolute atomic E-state index is 4.83. The van der Waals surface area contributed by atoms with E-state index in [9.17, 15) is 0 Å². The van der Waals surface area contributed by atoms with Gasteiger partial charge in [-0.05, 0) is 23.6 Å². The molecule has 0 fully saturated rings. The van der Waals surface area contributed by atoms with Crippen molar-refractivity contribution in [2.45, 2.75) is 0 Å². The molecule has 116 valence electrons. The van der Waals surface area contributed by atoms with Crippen molar-refractivity contribution >= 4 is 43.9 Å². The molecule has 0 aliphatic rings. The molecular weight excluding hydrogens is 296 g/mol. The van der Waals surface area contributed by atoms with Crippen molar-refractivity contribution in [3.63, 3.8) is 0 Å². The Morgan fingerprint density at radius 2 is 1.71 bits per heavy atom. The van der Waals surface area contributed by atoms with Crippen LogP contribution in [0.2, 0.25) is 0 Å². The standard InChI is InChI=1S/C20H16N4/c1-23(2)17-9-5-6-13-10-11-14-12-21-20-15-7-3-4-8-16(15)22-24(20)19(14)18(13)17/h3-12H,1-2H3. The summed E-state index contributed by atoms with van der Waals surface area (Å²) in [5.74, 6) is 0. The molecule has 0 saturated heterocycles. The molecule has 0 unspecified atom stereocenters. The molecule has 0 spiro atoms. The second kappa shape index (κ2) is 4.68. The minimum Gasteiger partial charge on any atom is -0.377 e. The Balaban J connectivity index is 2.11. The van der Waals surface area contributed by atoms with Crippen LogP contribution in [0.25, 0.3) is 38.2 Å². The smallest absolute Gasteiger partial charge is 0.163 e. The summed E-state index contributed by atoms with van der Waals surface area (Å²) >= 11 is 0. The summed E-state index contributed by atoms with van der Waals surface area (Å²) in [7, 11) is 4.15. The molecule has 0 aliphatic heterocycles. The van der Waals surface area contributed by atoms with E-state index in [1.807, 2.05) is 28.9 Å². The molecule has 0 atom stereocenters. The van der Waals surface area contributed by atoms with Crippen LogP contribution in [0.1, 0.15) is 0 Å². The van der Waals surface area contributed by atoms with Crippen LogP contribution in [0, 0.1) is 0 Å². The summed E-state index contributed by atoms with van der Waals surface area (Å²) in [5, 5.41) is 9.42. The third-order valence-corrected chi connectivity index (χ3v) is 4.60. The Hall–Kier alpha value is -3.14. The summed E-state index contributed by atoms with van der Waals surface area (Å²) in [5.41, 5.74) is 4.17. The highest BCUT2D eigenvalue weighted by Gasteiger charge is 2.14. The minimum absolute atomic E-state index is 0.902. The largest absolute Gasteiger partial charge is 0.377 e. The average Bonchev–Trinajstić information content (AvgIpc) is 2.99. The Kier molecular flexibility index (Phi) is 2.59. The van der Waals surface area contributed by atoms with E-state index in [1.54, 1.807) is 0 Å². The van der Waals surface area contributed by atoms with Gasteiger partial charge in [0, 0.05) is 42.1 Å². The van der Waals surface area contributed by atoms with Gasteiger partial charge in [-0.25, -0.2) is 9.50 Å². The Labute approximate surface area is 138 Å². The number of rotatable bonds is 1. The zero-order chi connectivity index (χ0) is 16.3. The summed E-state index contributed by atoms with van der Waals surface area (Å²) in [4.78, 5) is 6.82. The number of fused-ring (bicyclic) bond motifs is 7. The zero-order valence-corrected chi connectivity index (χ0v) is 13.6. The van der Waals surface area contributed by atoms with E-state index in [4.69, 9.17) is 5.10 Å². The van der Waals surface area contributed by atoms with Gasteiger partial charge in [-0.3, -0.25) is 0 Å². The first kappa shape index (κ1) is 13.3. The first-order valence-electron chi connectivity index (χ1n) is 7.99. The Bertz CT molecular complexity index is 1230. The predicted octanol–water partition coefficient (Wildman–Crippen LogP) is 4.25. The summed E-state index contributed by atoms with van der Waals surface area (Å²) in [6, 6.07) is 18.8. The van der Waals surface area contributed by atoms with Gasteiger partial charge in [0.15, 0.2) is 5.65 Å². The van der Waals surface area contributed by atoms with Gasteiger partial charge in [0.25, 0.3) is 0 Å². The van der Waals surface area contributed by atoms with Crippen molar-refractivity contribution in [2.75, 3.05) is 19.0 Å². The van der Waals surface area contributed by atoms with Crippen LogP contribution in [-0.2, 0) is 0 Å². The van der Waals surface area contributed by atoms with Gasteiger partial charge < -0.3 is 4.90 Å². The lowest BCUT2D eigenvalue weighted by Gasteiger charge is -2.17. The predicted molar refractivity (Wildman–Crippen MR) is 99.8 cm³/mol. The molecule has 0 aliphatic carbocycles. The van der Waals surface area contributed by atoms with E-state index in [2.05, 4.69) is 60.4 Å². The van der Waals surface area contributed by atoms with Gasteiger partial charge in [-0.2, -0.15) is 5.10 Å². The van der Waals surface area contributed by atoms with Crippen LogP contribution < -0.4 is 4.90 Å². The van der Waals surface area contributed by atoms with E-state index in [0.717, 1.165) is 27.5 Å². The number of anilines is 1. The molecule has 24 heavy (non-hydrogen) atoms. The molecule has 4 nitrogen and oxygen atoms in total. The van der Waals surface area contributed by atoms with Crippen LogP contribution in [-0.4, -0.2) is 28.7 Å². The fourth-order valence-corrected chi connectivity index (χ4v) is 3.49. The van der Waals surface area contributed by atoms with Crippen molar-refractivity contribution in [1.29, 1.82) is 0 Å². The molecule has 2 heterocycles. The highest BCUT2D eigenvalue weighted by Crippen LogP contribution is 2.33. The molecule has 5 rings (SSSR count). The van der Waals surface area contributed by atoms with Gasteiger partial charge in [-0.15, -0.1) is 0 Å². The van der Waals surface area contributed by atoms with Gasteiger partial charge in [-0.1, -0.05) is 36.4 Å². The highest BCUT2D eigenvalue weighted by molar-refractivity contribution is 6.13. The van der Waals surface area contributed by atoms with Gasteiger partial charge in [0.05, 0.1) is 11.0 Å². The van der Waals surface area contributed by atoms with Gasteiger partial charge in [0.1, 0.15) is 0 Å². The molecular formula is C20H16N4. The first-order valence-corrected chi connectivity index (χ1v) is 7.99. The molecule has 2 aromatic heterocycles. The van der Waals surface area contributed by atoms with Crippen LogP contribution in [0.4, 0.5) is 5.69 Å². The Morgan fingerprint density at radius 1 is 0.875 bits per heavy atom. The number of hydrogen-bond acceptors (Lipinski definition) is 3. The van der Waals surface area contributed by atoms with Gasteiger partial charge in [0.2, 0.25) is 0 Å². The second-order valence-corrected chi connectivity index (χ2v) is 6.28. The summed E-state index contributed by atoms with van der Waals surface area (Å²) in [6.07, 6.45) is 1.95. The van der Waals surface area contributed by atoms with E-state index in [0.29, 0.717) is 0 Å². The molecule has 4 heteroatoms. The maximum atomic E-state index is 4.83. The number of nitrogens with zero attached hydrogens (tertiary/aromatic N) is 4. The molecule has 0 N–H and O–H groups in total. The van der Waals surface area contributed by atoms with Crippen molar-refractivity contribution in [2.24, 2.45) is 0 Å². The van der Waals surface area contributed by atoms with E-state index in [1.165, 1.54) is 16.5 Å². The van der Waals surface area contributed by atoms with E-state index >= 15 is 0 Å². The van der Waals surface area contributed by atoms with Crippen LogP contribution in [0.5, 0.6) is 0 Å². The molecule has 0 bridgehead atoms. The fraction of sp³-hybridized carbons (Fsp3) is 0.100. The lowest BCUT2D eigenvalue weighted by Crippen LogP contribution is -2.09. The van der Waals surface area contributed by atoms with E-state index in [-0.39, 0.29) is 0 Å². The summed E-state index contributed by atoms with van der Waals surface area (Å²) < 4.78 is 2.00. The minimum atomic E-state index is 0.902. The van der Waals surface area contributed by atoms with Crippen LogP contribution >= 0.6 is 0 Å². The topological polar surface area (TPSA) is 33.4 Å². The average molecular weight is 312 g/mol. The normalized spacial score (nSPS) is 11.8. The molecule has 3 aromatic carbocycles.